The molecule has 0 spiro atoms. The lowest BCUT2D eigenvalue weighted by atomic mass is 10.0. The Morgan fingerprint density at radius 3 is 2.56 bits per heavy atom. The molecule has 0 fully saturated rings. The maximum atomic E-state index is 8.75. The fourth-order valence-electron chi connectivity index (χ4n) is 2.58. The van der Waals surface area contributed by atoms with Crippen molar-refractivity contribution < 1.29 is 4.74 Å². The Labute approximate surface area is 151 Å². The molecular weight excluding hydrogens is 330 g/mol. The molecule has 0 aliphatic heterocycles. The van der Waals surface area contributed by atoms with Gasteiger partial charge < -0.3 is 4.74 Å². The summed E-state index contributed by atoms with van der Waals surface area (Å²) < 4.78 is 5.27. The van der Waals surface area contributed by atoms with Crippen LogP contribution in [0, 0.1) is 11.5 Å². The van der Waals surface area contributed by atoms with Crippen molar-refractivity contribution in [2.24, 2.45) is 4.99 Å². The zero-order valence-corrected chi connectivity index (χ0v) is 14.8. The molecule has 124 valence electrons. The number of aliphatic imine (C=N–C) groups is 1. The third-order valence-corrected chi connectivity index (χ3v) is 4.39. The summed E-state index contributed by atoms with van der Waals surface area (Å²) in [7, 11) is 1.67. The molecule has 0 radical (unpaired) electrons. The van der Waals surface area contributed by atoms with Crippen molar-refractivity contribution in [2.75, 3.05) is 13.4 Å². The Kier molecular flexibility index (Phi) is 5.22. The molecule has 0 heterocycles. The van der Waals surface area contributed by atoms with Crippen molar-refractivity contribution in [3.8, 4) is 23.1 Å². The van der Waals surface area contributed by atoms with Gasteiger partial charge in [-0.05, 0) is 58.5 Å². The highest BCUT2D eigenvalue weighted by Crippen LogP contribution is 2.29. The second-order valence-corrected chi connectivity index (χ2v) is 6.13. The number of nitrogens with zero attached hydrogens (tertiary/aromatic N) is 2. The molecule has 0 saturated carbocycles. The van der Waals surface area contributed by atoms with Crippen molar-refractivity contribution in [3.05, 3.63) is 60.7 Å². The van der Waals surface area contributed by atoms with E-state index in [1.807, 2.05) is 42.8 Å². The molecule has 0 unspecified atom stereocenters. The van der Waals surface area contributed by atoms with Gasteiger partial charge in [0.2, 0.25) is 0 Å². The molecular formula is C20H17N3OS. The summed E-state index contributed by atoms with van der Waals surface area (Å²) in [4.78, 5) is 4.47. The predicted molar refractivity (Wildman–Crippen MR) is 105 cm³/mol. The number of amidine groups is 1. The van der Waals surface area contributed by atoms with Gasteiger partial charge in [-0.1, -0.05) is 42.1 Å². The van der Waals surface area contributed by atoms with Crippen LogP contribution in [0.2, 0.25) is 0 Å². The maximum absolute atomic E-state index is 8.75. The molecule has 0 bridgehead atoms. The second kappa shape index (κ2) is 7.73. The molecule has 3 aromatic rings. The van der Waals surface area contributed by atoms with Gasteiger partial charge in [-0.3, -0.25) is 5.32 Å². The van der Waals surface area contributed by atoms with Crippen molar-refractivity contribution in [3.63, 3.8) is 0 Å². The highest BCUT2D eigenvalue weighted by molar-refractivity contribution is 8.13. The summed E-state index contributed by atoms with van der Waals surface area (Å²) in [6.07, 6.45) is 3.78. The van der Waals surface area contributed by atoms with Crippen LogP contribution in [-0.4, -0.2) is 18.5 Å². The molecule has 3 aromatic carbocycles. The summed E-state index contributed by atoms with van der Waals surface area (Å²) in [6, 6.07) is 20.3. The predicted octanol–water partition coefficient (Wildman–Crippen LogP) is 4.94. The van der Waals surface area contributed by atoms with Gasteiger partial charge in [0.1, 0.15) is 5.75 Å². The Balaban J connectivity index is 1.98. The van der Waals surface area contributed by atoms with Crippen LogP contribution in [0.1, 0.15) is 0 Å². The third-order valence-electron chi connectivity index (χ3n) is 3.81. The lowest BCUT2D eigenvalue weighted by molar-refractivity contribution is 0.415. The molecule has 0 atom stereocenters. The average molecular weight is 347 g/mol. The molecule has 4 nitrogen and oxygen atoms in total. The first-order valence-corrected chi connectivity index (χ1v) is 8.92. The largest absolute Gasteiger partial charge is 0.497 e. The van der Waals surface area contributed by atoms with Gasteiger partial charge in [-0.2, -0.15) is 5.26 Å². The quantitative estimate of drug-likeness (QED) is 0.316. The number of thioether (sulfide) groups is 1. The van der Waals surface area contributed by atoms with E-state index in [9.17, 15) is 0 Å². The highest BCUT2D eigenvalue weighted by Gasteiger charge is 2.03. The molecule has 0 amide bonds. The first-order valence-electron chi connectivity index (χ1n) is 7.69. The maximum Gasteiger partial charge on any atom is 0.183 e. The summed E-state index contributed by atoms with van der Waals surface area (Å²) in [5.74, 6) is 0.853. The summed E-state index contributed by atoms with van der Waals surface area (Å²) in [6.45, 7) is 0. The average Bonchev–Trinajstić information content (AvgIpc) is 2.67. The fraction of sp³-hybridized carbons (Fsp3) is 0.100. The molecule has 3 rings (SSSR count). The number of hydrogen-bond donors (Lipinski definition) is 1. The van der Waals surface area contributed by atoms with E-state index < -0.39 is 0 Å². The Bertz CT molecular complexity index is 976. The molecule has 5 heteroatoms. The van der Waals surface area contributed by atoms with E-state index in [1.54, 1.807) is 7.11 Å². The van der Waals surface area contributed by atoms with Gasteiger partial charge in [0.05, 0.1) is 12.8 Å². The zero-order valence-electron chi connectivity index (χ0n) is 14.0. The first kappa shape index (κ1) is 16.9. The van der Waals surface area contributed by atoms with E-state index in [0.717, 1.165) is 33.3 Å². The Hall–Kier alpha value is -2.97. The number of nitrogens with one attached hydrogen (secondary N) is 1. The van der Waals surface area contributed by atoms with E-state index in [1.165, 1.54) is 11.8 Å². The number of methoxy groups -OCH3 is 1. The summed E-state index contributed by atoms with van der Waals surface area (Å²) >= 11 is 1.40. The summed E-state index contributed by atoms with van der Waals surface area (Å²) in [5, 5.41) is 14.2. The normalized spacial score (nSPS) is 11.2. The Morgan fingerprint density at radius 1 is 1.04 bits per heavy atom. The number of ether oxygens (including phenoxy) is 1. The van der Waals surface area contributed by atoms with Gasteiger partial charge in [-0.15, -0.1) is 0 Å². The standard InChI is InChI=1S/C20H17N3OS/c1-24-19-9-8-16-10-15(6-7-17(16)12-19)14-4-3-5-18(11-14)23-20(25-2)22-13-21/h3-12H,1-2H3,(H,22,23). The summed E-state index contributed by atoms with van der Waals surface area (Å²) in [5.41, 5.74) is 3.00. The molecule has 1 N–H and O–H groups in total. The SMILES string of the molecule is COc1ccc2cc(-c3cccc(N=C(NC#N)SC)c3)ccc2c1. The fourth-order valence-corrected chi connectivity index (χ4v) is 2.92. The van der Waals surface area contributed by atoms with Crippen LogP contribution in [0.4, 0.5) is 5.69 Å². The van der Waals surface area contributed by atoms with Gasteiger partial charge >= 0.3 is 0 Å². The lowest BCUT2D eigenvalue weighted by Gasteiger charge is -2.07. The number of fused-ring (bicyclic) bond motifs is 1. The van der Waals surface area contributed by atoms with Crippen molar-refractivity contribution in [2.45, 2.75) is 0 Å². The minimum absolute atomic E-state index is 0.574. The lowest BCUT2D eigenvalue weighted by Crippen LogP contribution is -2.12. The molecule has 0 saturated heterocycles. The van der Waals surface area contributed by atoms with E-state index in [2.05, 4.69) is 40.6 Å². The van der Waals surface area contributed by atoms with Gasteiger partial charge in [0.25, 0.3) is 0 Å². The number of hydrogen-bond acceptors (Lipinski definition) is 4. The van der Waals surface area contributed by atoms with Crippen LogP contribution in [0.5, 0.6) is 5.75 Å². The highest BCUT2D eigenvalue weighted by atomic mass is 32.2. The van der Waals surface area contributed by atoms with E-state index in [0.29, 0.717) is 5.17 Å². The van der Waals surface area contributed by atoms with Crippen LogP contribution >= 0.6 is 11.8 Å². The van der Waals surface area contributed by atoms with E-state index in [4.69, 9.17) is 10.00 Å². The van der Waals surface area contributed by atoms with Crippen molar-refractivity contribution >= 4 is 33.4 Å². The van der Waals surface area contributed by atoms with Crippen LogP contribution in [-0.2, 0) is 0 Å². The van der Waals surface area contributed by atoms with Crippen LogP contribution < -0.4 is 10.1 Å². The topological polar surface area (TPSA) is 57.4 Å². The van der Waals surface area contributed by atoms with E-state index >= 15 is 0 Å². The van der Waals surface area contributed by atoms with Crippen molar-refractivity contribution in [1.82, 2.24) is 5.32 Å². The third kappa shape index (κ3) is 3.93. The Morgan fingerprint density at radius 2 is 1.80 bits per heavy atom. The van der Waals surface area contributed by atoms with Gasteiger partial charge in [-0.25, -0.2) is 4.99 Å². The van der Waals surface area contributed by atoms with Gasteiger partial charge in [0.15, 0.2) is 11.4 Å². The number of rotatable bonds is 3. The molecule has 0 aromatic heterocycles. The van der Waals surface area contributed by atoms with Gasteiger partial charge in [0, 0.05) is 0 Å². The minimum Gasteiger partial charge on any atom is -0.497 e. The molecule has 25 heavy (non-hydrogen) atoms. The van der Waals surface area contributed by atoms with Crippen LogP contribution in [0.3, 0.4) is 0 Å². The molecule has 0 aliphatic rings. The van der Waals surface area contributed by atoms with Crippen LogP contribution in [0.15, 0.2) is 65.7 Å². The van der Waals surface area contributed by atoms with Crippen LogP contribution in [0.25, 0.3) is 21.9 Å². The second-order valence-electron chi connectivity index (χ2n) is 5.34. The zero-order chi connectivity index (χ0) is 17.6. The van der Waals surface area contributed by atoms with Crippen molar-refractivity contribution in [1.29, 1.82) is 5.26 Å². The first-order chi connectivity index (χ1) is 12.2. The number of benzene rings is 3. The smallest absolute Gasteiger partial charge is 0.183 e. The monoisotopic (exact) mass is 347 g/mol. The minimum atomic E-state index is 0.574. The molecule has 0 aliphatic carbocycles. The van der Waals surface area contributed by atoms with E-state index in [-0.39, 0.29) is 0 Å². The number of nitriles is 1.